The van der Waals surface area contributed by atoms with Gasteiger partial charge in [0.1, 0.15) is 11.5 Å². The number of likely N-dealkylation sites (tertiary alicyclic amines) is 1. The Kier molecular flexibility index (Phi) is 6.12. The summed E-state index contributed by atoms with van der Waals surface area (Å²) in [6.45, 7) is 1.04. The molecule has 1 aliphatic heterocycles. The zero-order chi connectivity index (χ0) is 22.9. The molecule has 1 amide bonds. The van der Waals surface area contributed by atoms with Gasteiger partial charge in [-0.3, -0.25) is 14.6 Å². The van der Waals surface area contributed by atoms with Crippen molar-refractivity contribution >= 4 is 33.2 Å². The largest absolute Gasteiger partial charge is 0.453 e. The second-order valence-corrected chi connectivity index (χ2v) is 9.94. The quantitative estimate of drug-likeness (QED) is 0.542. The minimum absolute atomic E-state index is 0.0622. The number of thiophene rings is 1. The molecule has 33 heavy (non-hydrogen) atoms. The molecule has 2 fully saturated rings. The van der Waals surface area contributed by atoms with Crippen molar-refractivity contribution in [2.24, 2.45) is 5.92 Å². The van der Waals surface area contributed by atoms with Crippen LogP contribution in [0.4, 0.5) is 4.39 Å². The topological polar surface area (TPSA) is 79.7 Å². The lowest BCUT2D eigenvalue weighted by Crippen LogP contribution is -2.39. The summed E-state index contributed by atoms with van der Waals surface area (Å²) in [4.78, 5) is 31.6. The van der Waals surface area contributed by atoms with Crippen LogP contribution in [0.25, 0.3) is 10.2 Å². The first-order valence-corrected chi connectivity index (χ1v) is 12.1. The number of carbonyl (C=O) groups excluding carboxylic acids is 2. The molecule has 3 aromatic rings. The van der Waals surface area contributed by atoms with Crippen molar-refractivity contribution in [1.29, 1.82) is 0 Å². The lowest BCUT2D eigenvalue weighted by Gasteiger charge is -2.29. The van der Waals surface area contributed by atoms with Crippen LogP contribution in [0.1, 0.15) is 47.3 Å². The maximum atomic E-state index is 14.7. The second kappa shape index (κ2) is 9.19. The normalized spacial score (nSPS) is 16.8. The summed E-state index contributed by atoms with van der Waals surface area (Å²) in [6, 6.07) is 7.99. The third-order valence-corrected chi connectivity index (χ3v) is 7.30. The van der Waals surface area contributed by atoms with E-state index in [1.807, 2.05) is 0 Å². The van der Waals surface area contributed by atoms with Gasteiger partial charge in [-0.1, -0.05) is 6.07 Å². The summed E-state index contributed by atoms with van der Waals surface area (Å²) < 4.78 is 21.3. The van der Waals surface area contributed by atoms with Gasteiger partial charge >= 0.3 is 0 Å². The summed E-state index contributed by atoms with van der Waals surface area (Å²) in [5.41, 5.74) is 1.25. The minimum Gasteiger partial charge on any atom is -0.453 e. The van der Waals surface area contributed by atoms with Crippen LogP contribution in [0.3, 0.4) is 0 Å². The molecule has 0 bridgehead atoms. The van der Waals surface area contributed by atoms with Crippen molar-refractivity contribution in [1.82, 2.24) is 9.88 Å². The van der Waals surface area contributed by atoms with Crippen molar-refractivity contribution in [2.75, 3.05) is 13.1 Å². The smallest absolute Gasteiger partial charge is 0.264 e. The van der Waals surface area contributed by atoms with Crippen LogP contribution >= 0.6 is 11.3 Å². The molecular weight excluding hydrogens is 443 g/mol. The number of piperidine rings is 1. The zero-order valence-electron chi connectivity index (χ0n) is 18.1. The monoisotopic (exact) mass is 468 g/mol. The molecule has 1 saturated heterocycles. The van der Waals surface area contributed by atoms with Crippen LogP contribution in [0.2, 0.25) is 0 Å². The van der Waals surface area contributed by atoms with Crippen LogP contribution in [0.15, 0.2) is 36.5 Å². The highest BCUT2D eigenvalue weighted by atomic mass is 32.1. The van der Waals surface area contributed by atoms with Gasteiger partial charge in [-0.15, -0.1) is 11.3 Å². The van der Waals surface area contributed by atoms with Crippen molar-refractivity contribution in [3.8, 4) is 11.5 Å². The van der Waals surface area contributed by atoms with Crippen LogP contribution in [0.5, 0.6) is 11.5 Å². The van der Waals surface area contributed by atoms with Crippen LogP contribution < -0.4 is 4.74 Å². The Bertz CT molecular complexity index is 1200. The van der Waals surface area contributed by atoms with Gasteiger partial charge in [-0.05, 0) is 55.4 Å². The van der Waals surface area contributed by atoms with E-state index in [0.717, 1.165) is 12.8 Å². The number of aromatic nitrogens is 1. The standard InChI is InChI=1S/C25H25FN2O4S/c26-19-13-16(12-18(30)11-15-1-2-15)3-4-21(19)32-22-5-8-27-20-14-23(33-24(20)22)25(31)28-9-6-17(29)7-10-28/h3-5,8,13-15,17,29H,1-2,6-7,9-12H2. The molecule has 1 aliphatic carbocycles. The Balaban J connectivity index is 1.32. The van der Waals surface area contributed by atoms with Gasteiger partial charge in [0.15, 0.2) is 11.6 Å². The Morgan fingerprint density at radius 1 is 1.12 bits per heavy atom. The van der Waals surface area contributed by atoms with Crippen LogP contribution in [-0.2, 0) is 11.2 Å². The van der Waals surface area contributed by atoms with Crippen LogP contribution in [0, 0.1) is 11.7 Å². The van der Waals surface area contributed by atoms with E-state index in [1.54, 1.807) is 35.4 Å². The average Bonchev–Trinajstić information content (AvgIpc) is 3.49. The van der Waals surface area contributed by atoms with Crippen molar-refractivity contribution in [2.45, 2.75) is 44.6 Å². The molecule has 2 aromatic heterocycles. The maximum absolute atomic E-state index is 14.7. The Morgan fingerprint density at radius 3 is 2.64 bits per heavy atom. The molecule has 1 N–H and O–H groups in total. The third-order valence-electron chi connectivity index (χ3n) is 6.17. The Hall–Kier alpha value is -2.84. The number of fused-ring (bicyclic) bond motifs is 1. The predicted molar refractivity (Wildman–Crippen MR) is 123 cm³/mol. The number of ether oxygens (including phenoxy) is 1. The molecule has 1 aromatic carbocycles. The van der Waals surface area contributed by atoms with Gasteiger partial charge in [0.2, 0.25) is 0 Å². The van der Waals surface area contributed by atoms with Crippen molar-refractivity contribution in [3.05, 3.63) is 52.8 Å². The molecule has 8 heteroatoms. The number of amides is 1. The molecule has 172 valence electrons. The molecule has 3 heterocycles. The number of rotatable bonds is 7. The summed E-state index contributed by atoms with van der Waals surface area (Å²) in [5.74, 6) is 0.518. The number of hydrogen-bond donors (Lipinski definition) is 1. The van der Waals surface area contributed by atoms with E-state index < -0.39 is 5.82 Å². The fourth-order valence-electron chi connectivity index (χ4n) is 4.12. The maximum Gasteiger partial charge on any atom is 0.264 e. The predicted octanol–water partition coefficient (Wildman–Crippen LogP) is 4.74. The number of ketones is 1. The number of hydrogen-bond acceptors (Lipinski definition) is 6. The van der Waals surface area contributed by atoms with E-state index in [2.05, 4.69) is 4.98 Å². The molecule has 0 radical (unpaired) electrons. The zero-order valence-corrected chi connectivity index (χ0v) is 18.9. The van der Waals surface area contributed by atoms with E-state index in [9.17, 15) is 19.1 Å². The number of halogens is 1. The number of benzene rings is 1. The van der Waals surface area contributed by atoms with Gasteiger partial charge < -0.3 is 14.7 Å². The molecule has 0 unspecified atom stereocenters. The molecule has 1 saturated carbocycles. The van der Waals surface area contributed by atoms with E-state index in [1.165, 1.54) is 17.4 Å². The first kappa shape index (κ1) is 22.0. The summed E-state index contributed by atoms with van der Waals surface area (Å²) in [7, 11) is 0. The number of nitrogens with zero attached hydrogens (tertiary/aromatic N) is 2. The Labute approximate surface area is 195 Å². The molecule has 5 rings (SSSR count). The van der Waals surface area contributed by atoms with Gasteiger partial charge in [-0.25, -0.2) is 4.39 Å². The van der Waals surface area contributed by atoms with Gasteiger partial charge in [0.05, 0.1) is 21.2 Å². The second-order valence-electron chi connectivity index (χ2n) is 8.89. The highest BCUT2D eigenvalue weighted by Gasteiger charge is 2.25. The highest BCUT2D eigenvalue weighted by molar-refractivity contribution is 7.21. The van der Waals surface area contributed by atoms with E-state index in [-0.39, 0.29) is 30.0 Å². The lowest BCUT2D eigenvalue weighted by atomic mass is 10.0. The van der Waals surface area contributed by atoms with Gasteiger partial charge in [0, 0.05) is 38.2 Å². The lowest BCUT2D eigenvalue weighted by molar-refractivity contribution is -0.118. The molecule has 0 atom stereocenters. The molecule has 0 spiro atoms. The first-order valence-electron chi connectivity index (χ1n) is 11.3. The average molecular weight is 469 g/mol. The Morgan fingerprint density at radius 2 is 1.91 bits per heavy atom. The minimum atomic E-state index is -0.531. The number of carbonyl (C=O) groups is 2. The summed E-state index contributed by atoms with van der Waals surface area (Å²) >= 11 is 1.27. The van der Waals surface area contributed by atoms with E-state index >= 15 is 0 Å². The summed E-state index contributed by atoms with van der Waals surface area (Å²) in [6.07, 6.45) is 5.41. The van der Waals surface area contributed by atoms with E-state index in [0.29, 0.717) is 64.7 Å². The fourth-order valence-corrected chi connectivity index (χ4v) is 5.16. The van der Waals surface area contributed by atoms with Crippen molar-refractivity contribution in [3.63, 3.8) is 0 Å². The van der Waals surface area contributed by atoms with Crippen LogP contribution in [-0.4, -0.2) is 45.9 Å². The summed E-state index contributed by atoms with van der Waals surface area (Å²) in [5, 5.41) is 9.68. The number of Topliss-reactive ketones (excluding diaryl/α,β-unsaturated/α-hetero) is 1. The number of aliphatic hydroxyl groups excluding tert-OH is 1. The van der Waals surface area contributed by atoms with Gasteiger partial charge in [0.25, 0.3) is 5.91 Å². The highest BCUT2D eigenvalue weighted by Crippen LogP contribution is 2.37. The molecule has 2 aliphatic rings. The van der Waals surface area contributed by atoms with Crippen molar-refractivity contribution < 1.29 is 23.8 Å². The van der Waals surface area contributed by atoms with E-state index in [4.69, 9.17) is 4.74 Å². The molecular formula is C25H25FN2O4S. The first-order chi connectivity index (χ1) is 16.0. The number of pyridine rings is 1. The SMILES string of the molecule is O=C(Cc1ccc(Oc2ccnc3cc(C(=O)N4CCC(O)CC4)sc23)c(F)c1)CC1CC1. The van der Waals surface area contributed by atoms with Gasteiger partial charge in [-0.2, -0.15) is 0 Å². The third kappa shape index (κ3) is 5.07. The number of aliphatic hydroxyl groups is 1. The fraction of sp³-hybridized carbons (Fsp3) is 0.400. The molecule has 6 nitrogen and oxygen atoms in total.